The lowest BCUT2D eigenvalue weighted by Gasteiger charge is -2.29. The number of thioether (sulfide) groups is 2. The van der Waals surface area contributed by atoms with E-state index in [4.69, 9.17) is 11.6 Å². The number of carbonyl (C=O) groups is 2. The monoisotopic (exact) mass is 564 g/mol. The third kappa shape index (κ3) is 3.99. The maximum Gasteiger partial charge on any atom is 0.416 e. The van der Waals surface area contributed by atoms with Crippen molar-refractivity contribution in [1.82, 2.24) is 10.3 Å². The molecule has 0 radical (unpaired) electrons. The van der Waals surface area contributed by atoms with E-state index in [1.807, 2.05) is 0 Å². The fourth-order valence-electron chi connectivity index (χ4n) is 4.73. The van der Waals surface area contributed by atoms with Gasteiger partial charge in [-0.1, -0.05) is 11.6 Å². The SMILES string of the molecule is CN(C(=O)[C@@H]1CNC(=O)N1c1cc(C(F)(F)F)c2c(n1)C1(CC2)SCCS1)c1ccc(F)c(Cl)c1F. The fraction of sp³-hybridized carbons (Fsp3) is 0.409. The van der Waals surface area contributed by atoms with Crippen LogP contribution >= 0.6 is 35.1 Å². The second-order valence-electron chi connectivity index (χ2n) is 8.47. The molecule has 1 atom stereocenters. The smallest absolute Gasteiger partial charge is 0.335 e. The molecule has 14 heteroatoms. The highest BCUT2D eigenvalue weighted by atomic mass is 35.5. The number of pyridine rings is 1. The molecule has 1 N–H and O–H groups in total. The Hall–Kier alpha value is -2.25. The van der Waals surface area contributed by atoms with Crippen molar-refractivity contribution in [2.24, 2.45) is 0 Å². The largest absolute Gasteiger partial charge is 0.416 e. The van der Waals surface area contributed by atoms with Crippen LogP contribution in [0.2, 0.25) is 5.02 Å². The number of halogens is 6. The molecule has 1 aliphatic carbocycles. The average molecular weight is 565 g/mol. The number of nitrogens with zero attached hydrogens (tertiary/aromatic N) is 3. The van der Waals surface area contributed by atoms with E-state index in [-0.39, 0.29) is 35.7 Å². The lowest BCUT2D eigenvalue weighted by Crippen LogP contribution is -2.47. The molecule has 1 spiro atoms. The number of hydrogen-bond donors (Lipinski definition) is 1. The van der Waals surface area contributed by atoms with E-state index < -0.39 is 50.5 Å². The molecule has 3 aliphatic rings. The minimum Gasteiger partial charge on any atom is -0.335 e. The van der Waals surface area contributed by atoms with E-state index in [0.717, 1.165) is 39.5 Å². The second-order valence-corrected chi connectivity index (χ2v) is 11.9. The molecule has 2 saturated heterocycles. The average Bonchev–Trinajstić information content (AvgIpc) is 3.55. The number of hydrogen-bond acceptors (Lipinski definition) is 5. The summed E-state index contributed by atoms with van der Waals surface area (Å²) in [7, 11) is 1.20. The number of carbonyl (C=O) groups excluding carboxylic acids is 2. The number of aromatic nitrogens is 1. The number of rotatable bonds is 3. The van der Waals surface area contributed by atoms with Crippen molar-refractivity contribution in [3.8, 4) is 0 Å². The van der Waals surface area contributed by atoms with Gasteiger partial charge in [-0.2, -0.15) is 13.2 Å². The number of likely N-dealkylation sites (N-methyl/N-ethyl adjacent to an activating group) is 1. The highest BCUT2D eigenvalue weighted by Gasteiger charge is 2.50. The number of urea groups is 1. The minimum atomic E-state index is -4.69. The van der Waals surface area contributed by atoms with Crippen LogP contribution in [-0.4, -0.2) is 48.1 Å². The summed E-state index contributed by atoms with van der Waals surface area (Å²) < 4.78 is 69.8. The van der Waals surface area contributed by atoms with E-state index in [0.29, 0.717) is 6.42 Å². The van der Waals surface area contributed by atoms with Gasteiger partial charge in [0, 0.05) is 25.1 Å². The summed E-state index contributed by atoms with van der Waals surface area (Å²) in [5, 5.41) is 1.65. The van der Waals surface area contributed by atoms with Crippen LogP contribution in [0, 0.1) is 11.6 Å². The van der Waals surface area contributed by atoms with Crippen LogP contribution in [0.15, 0.2) is 18.2 Å². The first-order chi connectivity index (χ1) is 16.9. The Morgan fingerprint density at radius 3 is 2.64 bits per heavy atom. The molecule has 6 nitrogen and oxygen atoms in total. The number of benzene rings is 1. The van der Waals surface area contributed by atoms with Crippen molar-refractivity contribution in [1.29, 1.82) is 0 Å². The Bertz CT molecular complexity index is 1270. The number of amides is 3. The maximum atomic E-state index is 14.6. The lowest BCUT2D eigenvalue weighted by molar-refractivity contribution is -0.138. The standard InChI is InChI=1S/C22H18ClF5N4O2S2/c1-31(13-3-2-12(24)16(23)17(13)25)19(33)14-9-29-20(34)32(14)15-8-11(22(26,27)28)10-4-5-21(18(10)30-15)35-6-7-36-21/h2-3,8,14H,4-7,9H2,1H3,(H,29,34)/t14-/m0/s1. The van der Waals surface area contributed by atoms with Crippen LogP contribution in [0.1, 0.15) is 23.2 Å². The van der Waals surface area contributed by atoms with Crippen LogP contribution in [-0.2, 0) is 21.5 Å². The Labute approximate surface area is 215 Å². The van der Waals surface area contributed by atoms with Gasteiger partial charge in [0.25, 0.3) is 5.91 Å². The summed E-state index contributed by atoms with van der Waals surface area (Å²) >= 11 is 8.69. The first-order valence-electron chi connectivity index (χ1n) is 10.8. The molecule has 2 aliphatic heterocycles. The predicted molar refractivity (Wildman–Crippen MR) is 129 cm³/mol. The summed E-state index contributed by atoms with van der Waals surface area (Å²) in [4.78, 5) is 32.3. The highest BCUT2D eigenvalue weighted by Crippen LogP contribution is 2.60. The van der Waals surface area contributed by atoms with Crippen LogP contribution in [0.5, 0.6) is 0 Å². The number of nitrogens with one attached hydrogen (secondary N) is 1. The first kappa shape index (κ1) is 25.4. The molecule has 3 heterocycles. The van der Waals surface area contributed by atoms with Gasteiger partial charge in [-0.3, -0.25) is 9.69 Å². The predicted octanol–water partition coefficient (Wildman–Crippen LogP) is 5.17. The van der Waals surface area contributed by atoms with Crippen molar-refractivity contribution in [2.75, 3.05) is 34.9 Å². The number of alkyl halides is 3. The molecule has 2 fully saturated rings. The Morgan fingerprint density at radius 1 is 1.28 bits per heavy atom. The van der Waals surface area contributed by atoms with Gasteiger partial charge in [-0.25, -0.2) is 18.6 Å². The fourth-order valence-corrected chi connectivity index (χ4v) is 8.15. The van der Waals surface area contributed by atoms with Gasteiger partial charge >= 0.3 is 12.2 Å². The molecule has 1 aromatic carbocycles. The van der Waals surface area contributed by atoms with Crippen molar-refractivity contribution < 1.29 is 31.5 Å². The van der Waals surface area contributed by atoms with Crippen LogP contribution in [0.4, 0.5) is 38.3 Å². The van der Waals surface area contributed by atoms with Gasteiger partial charge in [-0.05, 0) is 36.6 Å². The molecule has 0 unspecified atom stereocenters. The van der Waals surface area contributed by atoms with Crippen LogP contribution < -0.4 is 15.1 Å². The third-order valence-corrected chi connectivity index (χ3v) is 10.3. The lowest BCUT2D eigenvalue weighted by atomic mass is 10.1. The Kier molecular flexibility index (Phi) is 6.31. The minimum absolute atomic E-state index is 0.107. The number of fused-ring (bicyclic) bond motifs is 2. The summed E-state index contributed by atoms with van der Waals surface area (Å²) in [6.07, 6.45) is -4.00. The molecular formula is C22H18ClF5N4O2S2. The van der Waals surface area contributed by atoms with Crippen molar-refractivity contribution >= 4 is 58.6 Å². The molecule has 192 valence electrons. The molecule has 1 aromatic heterocycles. The van der Waals surface area contributed by atoms with Crippen molar-refractivity contribution in [3.05, 3.63) is 51.7 Å². The van der Waals surface area contributed by atoms with Crippen LogP contribution in [0.25, 0.3) is 0 Å². The summed E-state index contributed by atoms with van der Waals surface area (Å²) in [6.45, 7) is -0.243. The second kappa shape index (κ2) is 8.95. The zero-order chi connectivity index (χ0) is 26.0. The molecule has 5 rings (SSSR count). The van der Waals surface area contributed by atoms with Gasteiger partial charge < -0.3 is 10.2 Å². The normalized spacial score (nSPS) is 20.7. The first-order valence-corrected chi connectivity index (χ1v) is 13.2. The van der Waals surface area contributed by atoms with E-state index >= 15 is 0 Å². The van der Waals surface area contributed by atoms with Gasteiger partial charge in [0.15, 0.2) is 5.82 Å². The van der Waals surface area contributed by atoms with Gasteiger partial charge in [0.05, 0.1) is 16.9 Å². The molecule has 0 bridgehead atoms. The van der Waals surface area contributed by atoms with Crippen molar-refractivity contribution in [3.63, 3.8) is 0 Å². The summed E-state index contributed by atoms with van der Waals surface area (Å²) in [5.41, 5.74) is -0.851. The van der Waals surface area contributed by atoms with Gasteiger partial charge in [-0.15, -0.1) is 23.5 Å². The van der Waals surface area contributed by atoms with Gasteiger partial charge in [0.2, 0.25) is 0 Å². The zero-order valence-corrected chi connectivity index (χ0v) is 21.0. The Morgan fingerprint density at radius 2 is 1.97 bits per heavy atom. The maximum absolute atomic E-state index is 14.6. The van der Waals surface area contributed by atoms with Gasteiger partial charge in [0.1, 0.15) is 26.8 Å². The summed E-state index contributed by atoms with van der Waals surface area (Å²) in [6, 6.07) is 0.561. The molecule has 2 aromatic rings. The van der Waals surface area contributed by atoms with E-state index in [9.17, 15) is 31.5 Å². The molecular weight excluding hydrogens is 547 g/mol. The summed E-state index contributed by atoms with van der Waals surface area (Å²) in [5.74, 6) is -1.79. The quantitative estimate of drug-likeness (QED) is 0.411. The zero-order valence-electron chi connectivity index (χ0n) is 18.6. The van der Waals surface area contributed by atoms with E-state index in [1.165, 1.54) is 30.6 Å². The van der Waals surface area contributed by atoms with E-state index in [1.54, 1.807) is 0 Å². The topological polar surface area (TPSA) is 65.5 Å². The van der Waals surface area contributed by atoms with E-state index in [2.05, 4.69) is 10.3 Å². The molecule has 3 amide bonds. The van der Waals surface area contributed by atoms with Crippen molar-refractivity contribution in [2.45, 2.75) is 29.1 Å². The Balaban J connectivity index is 1.57. The highest BCUT2D eigenvalue weighted by molar-refractivity contribution is 8.20. The third-order valence-electron chi connectivity index (χ3n) is 6.45. The number of anilines is 2. The molecule has 36 heavy (non-hydrogen) atoms. The van der Waals surface area contributed by atoms with Crippen LogP contribution in [0.3, 0.4) is 0 Å². The molecule has 0 saturated carbocycles.